The summed E-state index contributed by atoms with van der Waals surface area (Å²) in [6, 6.07) is 7.81. The number of para-hydroxylation sites is 2. The highest BCUT2D eigenvalue weighted by Gasteiger charge is 2.30. The SMILES string of the molecule is O=C(O)n1c(=O)n(C2CCN(C3CCNC3)CC2)c2ccccc21. The summed E-state index contributed by atoms with van der Waals surface area (Å²) < 4.78 is 2.55. The van der Waals surface area contributed by atoms with Gasteiger partial charge in [-0.2, -0.15) is 4.57 Å². The summed E-state index contributed by atoms with van der Waals surface area (Å²) in [5.41, 5.74) is 0.744. The van der Waals surface area contributed by atoms with Crippen LogP contribution in [0.25, 0.3) is 11.0 Å². The molecule has 3 heterocycles. The molecule has 0 bridgehead atoms. The van der Waals surface area contributed by atoms with Gasteiger partial charge in [-0.05, 0) is 37.9 Å². The maximum Gasteiger partial charge on any atom is 0.420 e. The van der Waals surface area contributed by atoms with E-state index in [1.807, 2.05) is 12.1 Å². The van der Waals surface area contributed by atoms with Gasteiger partial charge in [0.2, 0.25) is 0 Å². The van der Waals surface area contributed by atoms with Crippen molar-refractivity contribution in [1.82, 2.24) is 19.4 Å². The van der Waals surface area contributed by atoms with Crippen molar-refractivity contribution in [3.8, 4) is 0 Å². The zero-order chi connectivity index (χ0) is 16.7. The van der Waals surface area contributed by atoms with Gasteiger partial charge in [0.25, 0.3) is 0 Å². The van der Waals surface area contributed by atoms with Gasteiger partial charge >= 0.3 is 11.8 Å². The first-order valence-electron chi connectivity index (χ1n) is 8.57. The Hall–Kier alpha value is -2.12. The topological polar surface area (TPSA) is 79.5 Å². The highest BCUT2D eigenvalue weighted by molar-refractivity contribution is 5.86. The van der Waals surface area contributed by atoms with Crippen LogP contribution >= 0.6 is 0 Å². The fraction of sp³-hybridized carbons (Fsp3) is 0.529. The number of carboxylic acid groups (broad SMARTS) is 1. The van der Waals surface area contributed by atoms with Crippen LogP contribution < -0.4 is 11.0 Å². The van der Waals surface area contributed by atoms with Gasteiger partial charge in [0, 0.05) is 31.7 Å². The predicted octanol–water partition coefficient (Wildman–Crippen LogP) is 1.33. The normalized spacial score (nSPS) is 23.1. The van der Waals surface area contributed by atoms with Crippen LogP contribution in [0.5, 0.6) is 0 Å². The molecule has 24 heavy (non-hydrogen) atoms. The molecule has 0 saturated carbocycles. The minimum Gasteiger partial charge on any atom is -0.464 e. The Morgan fingerprint density at radius 1 is 1.08 bits per heavy atom. The zero-order valence-electron chi connectivity index (χ0n) is 13.5. The third kappa shape index (κ3) is 2.44. The molecule has 0 aliphatic carbocycles. The van der Waals surface area contributed by atoms with Crippen LogP contribution in [0.15, 0.2) is 29.1 Å². The molecule has 2 fully saturated rings. The number of likely N-dealkylation sites (tertiary alicyclic amines) is 1. The molecule has 1 aromatic carbocycles. The molecule has 7 nitrogen and oxygen atoms in total. The summed E-state index contributed by atoms with van der Waals surface area (Å²) in [4.78, 5) is 26.7. The molecular formula is C17H22N4O3. The van der Waals surface area contributed by atoms with Gasteiger partial charge in [0.05, 0.1) is 11.0 Å². The number of aromatic nitrogens is 2. The van der Waals surface area contributed by atoms with Crippen molar-refractivity contribution in [1.29, 1.82) is 0 Å². The number of carbonyl (C=O) groups is 1. The van der Waals surface area contributed by atoms with Crippen molar-refractivity contribution in [3.63, 3.8) is 0 Å². The largest absolute Gasteiger partial charge is 0.464 e. The first-order valence-corrected chi connectivity index (χ1v) is 8.57. The molecule has 2 aliphatic heterocycles. The molecule has 1 aromatic heterocycles. The van der Waals surface area contributed by atoms with Crippen LogP contribution in [0.3, 0.4) is 0 Å². The smallest absolute Gasteiger partial charge is 0.420 e. The van der Waals surface area contributed by atoms with Crippen LogP contribution in [0, 0.1) is 0 Å². The lowest BCUT2D eigenvalue weighted by atomic mass is 10.0. The summed E-state index contributed by atoms with van der Waals surface area (Å²) in [6.07, 6.45) is 1.72. The van der Waals surface area contributed by atoms with Crippen molar-refractivity contribution in [3.05, 3.63) is 34.7 Å². The van der Waals surface area contributed by atoms with E-state index in [2.05, 4.69) is 10.2 Å². The number of hydrogen-bond acceptors (Lipinski definition) is 4. The first-order chi connectivity index (χ1) is 11.7. The summed E-state index contributed by atoms with van der Waals surface area (Å²) in [6.45, 7) is 4.03. The van der Waals surface area contributed by atoms with E-state index in [1.165, 1.54) is 6.42 Å². The molecule has 1 atom stereocenters. The fourth-order valence-electron chi connectivity index (χ4n) is 4.17. The van der Waals surface area contributed by atoms with Gasteiger partial charge in [-0.3, -0.25) is 9.47 Å². The second-order valence-corrected chi connectivity index (χ2v) is 6.67. The van der Waals surface area contributed by atoms with E-state index < -0.39 is 11.8 Å². The second-order valence-electron chi connectivity index (χ2n) is 6.67. The monoisotopic (exact) mass is 330 g/mol. The van der Waals surface area contributed by atoms with E-state index in [0.29, 0.717) is 17.1 Å². The van der Waals surface area contributed by atoms with Crippen LogP contribution in [-0.4, -0.2) is 57.5 Å². The molecule has 0 amide bonds. The number of benzene rings is 1. The van der Waals surface area contributed by atoms with E-state index in [4.69, 9.17) is 0 Å². The molecular weight excluding hydrogens is 308 g/mol. The lowest BCUT2D eigenvalue weighted by molar-refractivity contribution is 0.143. The summed E-state index contributed by atoms with van der Waals surface area (Å²) >= 11 is 0. The van der Waals surface area contributed by atoms with Crippen molar-refractivity contribution < 1.29 is 9.90 Å². The number of rotatable bonds is 2. The molecule has 1 unspecified atom stereocenters. The molecule has 2 N–H and O–H groups in total. The van der Waals surface area contributed by atoms with Crippen LogP contribution in [0.4, 0.5) is 4.79 Å². The standard InChI is InChI=1S/C17H22N4O3/c22-16-20(14-3-1-2-4-15(14)21(16)17(23)24)12-6-9-19(10-7-12)13-5-8-18-11-13/h1-4,12-13,18H,5-11H2,(H,23,24). The van der Waals surface area contributed by atoms with Gasteiger partial charge in [0.15, 0.2) is 0 Å². The Kier molecular flexibility index (Phi) is 3.90. The third-order valence-electron chi connectivity index (χ3n) is 5.39. The number of fused-ring (bicyclic) bond motifs is 1. The first kappa shape index (κ1) is 15.4. The number of nitrogens with zero attached hydrogens (tertiary/aromatic N) is 3. The van der Waals surface area contributed by atoms with E-state index in [9.17, 15) is 14.7 Å². The van der Waals surface area contributed by atoms with Crippen LogP contribution in [-0.2, 0) is 0 Å². The number of nitrogens with one attached hydrogen (secondary N) is 1. The van der Waals surface area contributed by atoms with Crippen molar-refractivity contribution in [2.75, 3.05) is 26.2 Å². The van der Waals surface area contributed by atoms with E-state index in [-0.39, 0.29) is 6.04 Å². The number of imidazole rings is 1. The summed E-state index contributed by atoms with van der Waals surface area (Å²) in [7, 11) is 0. The second kappa shape index (κ2) is 6.07. The van der Waals surface area contributed by atoms with Gasteiger partial charge in [-0.15, -0.1) is 0 Å². The van der Waals surface area contributed by atoms with Crippen LogP contribution in [0.2, 0.25) is 0 Å². The Morgan fingerprint density at radius 3 is 2.42 bits per heavy atom. The van der Waals surface area contributed by atoms with Gasteiger partial charge in [0.1, 0.15) is 0 Å². The van der Waals surface area contributed by atoms with E-state index >= 15 is 0 Å². The minimum atomic E-state index is -1.22. The van der Waals surface area contributed by atoms with E-state index in [1.54, 1.807) is 16.7 Å². The maximum absolute atomic E-state index is 12.7. The highest BCUT2D eigenvalue weighted by Crippen LogP contribution is 2.27. The van der Waals surface area contributed by atoms with Gasteiger partial charge < -0.3 is 10.4 Å². The van der Waals surface area contributed by atoms with Crippen molar-refractivity contribution in [2.24, 2.45) is 0 Å². The van der Waals surface area contributed by atoms with Crippen molar-refractivity contribution >= 4 is 17.1 Å². The Bertz CT molecular complexity index is 811. The summed E-state index contributed by atoms with van der Waals surface area (Å²) in [5, 5.41) is 12.8. The maximum atomic E-state index is 12.7. The average molecular weight is 330 g/mol. The molecule has 7 heteroatoms. The third-order valence-corrected chi connectivity index (χ3v) is 5.39. The molecule has 128 valence electrons. The van der Waals surface area contributed by atoms with Gasteiger partial charge in [-0.25, -0.2) is 9.59 Å². The molecule has 0 spiro atoms. The average Bonchev–Trinajstić information content (AvgIpc) is 3.20. The lowest BCUT2D eigenvalue weighted by Crippen LogP contribution is -2.44. The van der Waals surface area contributed by atoms with Crippen LogP contribution in [0.1, 0.15) is 25.3 Å². The Balaban J connectivity index is 1.64. The molecule has 2 aliphatic rings. The molecule has 4 rings (SSSR count). The number of piperidine rings is 1. The van der Waals surface area contributed by atoms with Crippen molar-refractivity contribution in [2.45, 2.75) is 31.3 Å². The quantitative estimate of drug-likeness (QED) is 0.868. The molecule has 2 saturated heterocycles. The highest BCUT2D eigenvalue weighted by atomic mass is 16.4. The summed E-state index contributed by atoms with van der Waals surface area (Å²) in [5.74, 6) is 0. The fourth-order valence-corrected chi connectivity index (χ4v) is 4.17. The number of hydrogen-bond donors (Lipinski definition) is 2. The molecule has 2 aromatic rings. The Morgan fingerprint density at radius 2 is 1.79 bits per heavy atom. The molecule has 0 radical (unpaired) electrons. The minimum absolute atomic E-state index is 0.0635. The Labute approximate surface area is 139 Å². The predicted molar refractivity (Wildman–Crippen MR) is 90.7 cm³/mol. The van der Waals surface area contributed by atoms with E-state index in [0.717, 1.165) is 43.6 Å². The lowest BCUT2D eigenvalue weighted by Gasteiger charge is -2.36. The van der Waals surface area contributed by atoms with Gasteiger partial charge in [-0.1, -0.05) is 12.1 Å². The zero-order valence-corrected chi connectivity index (χ0v) is 13.5.